The van der Waals surface area contributed by atoms with Crippen molar-refractivity contribution in [3.05, 3.63) is 71.8 Å². The summed E-state index contributed by atoms with van der Waals surface area (Å²) < 4.78 is 16.0. The fraction of sp³-hybridized carbons (Fsp3) is 0.222. The first kappa shape index (κ1) is 16.5. The number of alkyl halides is 1. The van der Waals surface area contributed by atoms with E-state index in [-0.39, 0.29) is 6.42 Å². The fourth-order valence-corrected chi connectivity index (χ4v) is 2.59. The molecule has 3 rings (SSSR count). The number of carbonyl (C=O) groups is 2. The monoisotopic (exact) mass is 346 g/mol. The van der Waals surface area contributed by atoms with Crippen LogP contribution in [0.5, 0.6) is 0 Å². The number of carbonyl (C=O) groups excluding carboxylic acids is 2. The number of hydrogen-bond donors (Lipinski definition) is 0. The predicted octanol–water partition coefficient (Wildman–Crippen LogP) is 3.38. The lowest BCUT2D eigenvalue weighted by atomic mass is 10.2. The van der Waals surface area contributed by atoms with E-state index in [0.29, 0.717) is 11.1 Å². The average molecular weight is 347 g/mol. The van der Waals surface area contributed by atoms with Crippen LogP contribution in [0.3, 0.4) is 0 Å². The Balaban J connectivity index is 1.66. The molecule has 1 fully saturated rings. The maximum atomic E-state index is 12.1. The molecule has 3 atom stereocenters. The molecule has 0 saturated carbocycles. The van der Waals surface area contributed by atoms with Crippen LogP contribution in [0.25, 0.3) is 0 Å². The summed E-state index contributed by atoms with van der Waals surface area (Å²) in [6.07, 6.45) is -1.55. The van der Waals surface area contributed by atoms with Gasteiger partial charge in [0.25, 0.3) is 0 Å². The van der Waals surface area contributed by atoms with Gasteiger partial charge >= 0.3 is 11.9 Å². The lowest BCUT2D eigenvalue weighted by Crippen LogP contribution is -2.31. The molecular formula is C18H15ClO5. The van der Waals surface area contributed by atoms with Gasteiger partial charge in [0, 0.05) is 6.42 Å². The first-order valence-electron chi connectivity index (χ1n) is 7.45. The van der Waals surface area contributed by atoms with Crippen LogP contribution < -0.4 is 0 Å². The Morgan fingerprint density at radius 2 is 1.38 bits per heavy atom. The van der Waals surface area contributed by atoms with Gasteiger partial charge < -0.3 is 14.2 Å². The van der Waals surface area contributed by atoms with Crippen LogP contribution in [0.15, 0.2) is 60.7 Å². The molecule has 24 heavy (non-hydrogen) atoms. The van der Waals surface area contributed by atoms with Gasteiger partial charge in [0.15, 0.2) is 6.10 Å². The van der Waals surface area contributed by atoms with Gasteiger partial charge in [-0.25, -0.2) is 9.59 Å². The molecule has 0 spiro atoms. The Hall–Kier alpha value is -2.37. The number of ether oxygens (including phenoxy) is 3. The molecule has 0 amide bonds. The number of rotatable bonds is 4. The van der Waals surface area contributed by atoms with Crippen molar-refractivity contribution >= 4 is 23.5 Å². The molecule has 0 bridgehead atoms. The van der Waals surface area contributed by atoms with Crippen LogP contribution >= 0.6 is 11.6 Å². The van der Waals surface area contributed by atoms with E-state index in [4.69, 9.17) is 25.8 Å². The summed E-state index contributed by atoms with van der Waals surface area (Å²) in [5.41, 5.74) is 0.100. The molecule has 1 saturated heterocycles. The molecule has 1 aliphatic rings. The van der Waals surface area contributed by atoms with Gasteiger partial charge in [0.2, 0.25) is 6.29 Å². The van der Waals surface area contributed by atoms with E-state index in [0.717, 1.165) is 0 Å². The second-order valence-electron chi connectivity index (χ2n) is 5.23. The van der Waals surface area contributed by atoms with Gasteiger partial charge in [-0.15, -0.1) is 0 Å². The number of benzene rings is 2. The molecule has 124 valence electrons. The predicted molar refractivity (Wildman–Crippen MR) is 86.6 cm³/mol. The lowest BCUT2D eigenvalue weighted by Gasteiger charge is -2.19. The SMILES string of the molecule is O=C(O[C@@H]1O[C@@H](Cl)C[C@H]1OC(=O)c1ccccc1)c1ccccc1. The van der Waals surface area contributed by atoms with Crippen molar-refractivity contribution in [3.8, 4) is 0 Å². The minimum atomic E-state index is -1.03. The second kappa shape index (κ2) is 7.47. The van der Waals surface area contributed by atoms with Crippen LogP contribution in [-0.4, -0.2) is 29.9 Å². The zero-order chi connectivity index (χ0) is 16.9. The van der Waals surface area contributed by atoms with E-state index >= 15 is 0 Å². The minimum Gasteiger partial charge on any atom is -0.452 e. The van der Waals surface area contributed by atoms with Crippen LogP contribution in [0, 0.1) is 0 Å². The Bertz CT molecular complexity index is 642. The van der Waals surface area contributed by atoms with Crippen molar-refractivity contribution in [2.24, 2.45) is 0 Å². The van der Waals surface area contributed by atoms with Gasteiger partial charge in [0.05, 0.1) is 11.1 Å². The molecule has 0 aromatic heterocycles. The third-order valence-corrected chi connectivity index (χ3v) is 3.78. The topological polar surface area (TPSA) is 61.8 Å². The van der Waals surface area contributed by atoms with E-state index in [1.165, 1.54) is 0 Å². The zero-order valence-electron chi connectivity index (χ0n) is 12.6. The summed E-state index contributed by atoms with van der Waals surface area (Å²) in [7, 11) is 0. The summed E-state index contributed by atoms with van der Waals surface area (Å²) in [5, 5.41) is 0. The van der Waals surface area contributed by atoms with E-state index < -0.39 is 29.9 Å². The maximum absolute atomic E-state index is 12.1. The summed E-state index contributed by atoms with van der Waals surface area (Å²) in [6.45, 7) is 0. The third-order valence-electron chi connectivity index (χ3n) is 3.50. The lowest BCUT2D eigenvalue weighted by molar-refractivity contribution is -0.126. The molecule has 1 heterocycles. The molecule has 6 heteroatoms. The Kier molecular flexibility index (Phi) is 5.13. The van der Waals surface area contributed by atoms with Crippen molar-refractivity contribution in [1.29, 1.82) is 0 Å². The molecule has 1 aliphatic heterocycles. The van der Waals surface area contributed by atoms with Crippen LogP contribution in [-0.2, 0) is 14.2 Å². The van der Waals surface area contributed by atoms with E-state index in [1.807, 2.05) is 0 Å². The molecule has 0 radical (unpaired) electrons. The third kappa shape index (κ3) is 3.93. The van der Waals surface area contributed by atoms with Crippen molar-refractivity contribution in [2.45, 2.75) is 24.4 Å². The summed E-state index contributed by atoms with van der Waals surface area (Å²) in [6, 6.07) is 17.0. The average Bonchev–Trinajstić information content (AvgIpc) is 2.95. The zero-order valence-corrected chi connectivity index (χ0v) is 13.4. The maximum Gasteiger partial charge on any atom is 0.340 e. The highest BCUT2D eigenvalue weighted by molar-refractivity contribution is 6.19. The first-order chi connectivity index (χ1) is 11.6. The number of halogens is 1. The quantitative estimate of drug-likeness (QED) is 0.627. The summed E-state index contributed by atoms with van der Waals surface area (Å²) >= 11 is 5.96. The number of hydrogen-bond acceptors (Lipinski definition) is 5. The van der Waals surface area contributed by atoms with Crippen LogP contribution in [0.2, 0.25) is 0 Å². The highest BCUT2D eigenvalue weighted by atomic mass is 35.5. The Morgan fingerprint density at radius 3 is 1.92 bits per heavy atom. The molecule has 2 aromatic rings. The summed E-state index contributed by atoms with van der Waals surface area (Å²) in [5.74, 6) is -1.08. The molecule has 5 nitrogen and oxygen atoms in total. The van der Waals surface area contributed by atoms with Gasteiger partial charge in [-0.2, -0.15) is 0 Å². The van der Waals surface area contributed by atoms with Crippen LogP contribution in [0.4, 0.5) is 0 Å². The highest BCUT2D eigenvalue weighted by Gasteiger charge is 2.40. The van der Waals surface area contributed by atoms with E-state index in [2.05, 4.69) is 0 Å². The van der Waals surface area contributed by atoms with Gasteiger partial charge in [-0.05, 0) is 24.3 Å². The van der Waals surface area contributed by atoms with Crippen molar-refractivity contribution < 1.29 is 23.8 Å². The van der Waals surface area contributed by atoms with Gasteiger partial charge in [0.1, 0.15) is 5.56 Å². The highest BCUT2D eigenvalue weighted by Crippen LogP contribution is 2.28. The van der Waals surface area contributed by atoms with Gasteiger partial charge in [-0.3, -0.25) is 0 Å². The fourth-order valence-electron chi connectivity index (χ4n) is 2.32. The van der Waals surface area contributed by atoms with Gasteiger partial charge in [-0.1, -0.05) is 48.0 Å². The van der Waals surface area contributed by atoms with Crippen LogP contribution in [0.1, 0.15) is 27.1 Å². The van der Waals surface area contributed by atoms with E-state index in [9.17, 15) is 9.59 Å². The second-order valence-corrected chi connectivity index (χ2v) is 5.72. The number of esters is 2. The van der Waals surface area contributed by atoms with Crippen molar-refractivity contribution in [1.82, 2.24) is 0 Å². The normalized spacial score (nSPS) is 22.8. The minimum absolute atomic E-state index is 0.243. The standard InChI is InChI=1S/C18H15ClO5/c19-15-11-14(22-16(20)12-7-3-1-4-8-12)18(23-15)24-17(21)13-9-5-2-6-10-13/h1-10,14-15,18H,11H2/t14-,15-,18+/m1/s1. The molecule has 2 aromatic carbocycles. The Morgan fingerprint density at radius 1 is 0.875 bits per heavy atom. The molecule has 0 N–H and O–H groups in total. The molecule has 0 unspecified atom stereocenters. The smallest absolute Gasteiger partial charge is 0.340 e. The van der Waals surface area contributed by atoms with E-state index in [1.54, 1.807) is 60.7 Å². The summed E-state index contributed by atoms with van der Waals surface area (Å²) in [4.78, 5) is 24.3. The first-order valence-corrected chi connectivity index (χ1v) is 7.89. The molecule has 0 aliphatic carbocycles. The van der Waals surface area contributed by atoms with Crippen molar-refractivity contribution in [2.75, 3.05) is 0 Å². The van der Waals surface area contributed by atoms with Crippen molar-refractivity contribution in [3.63, 3.8) is 0 Å². The molecular weight excluding hydrogens is 332 g/mol. The largest absolute Gasteiger partial charge is 0.452 e. The Labute approximate surface area is 144 Å².